The number of hydrogen-bond acceptors (Lipinski definition) is 7. The number of carbonyl (C=O) groups excluding carboxylic acids is 1. The largest absolute Gasteiger partial charge is 0.481 e. The van der Waals surface area contributed by atoms with E-state index in [1.54, 1.807) is 23.4 Å². The predicted molar refractivity (Wildman–Crippen MR) is 156 cm³/mol. The lowest BCUT2D eigenvalue weighted by Crippen LogP contribution is -2.36. The number of amides is 1. The van der Waals surface area contributed by atoms with Crippen LogP contribution in [0.1, 0.15) is 93.7 Å². The molecule has 0 unspecified atom stereocenters. The summed E-state index contributed by atoms with van der Waals surface area (Å²) in [6.07, 6.45) is 13.2. The summed E-state index contributed by atoms with van der Waals surface area (Å²) in [6, 6.07) is 2.06. The van der Waals surface area contributed by atoms with Gasteiger partial charge in [-0.05, 0) is 50.7 Å². The van der Waals surface area contributed by atoms with Gasteiger partial charge < -0.3 is 10.0 Å². The zero-order valence-electron chi connectivity index (χ0n) is 22.5. The van der Waals surface area contributed by atoms with Crippen molar-refractivity contribution in [3.63, 3.8) is 0 Å². The number of thiocarbonyl (C=S) groups is 1. The minimum absolute atomic E-state index is 0.108. The number of pyridine rings is 1. The van der Waals surface area contributed by atoms with Gasteiger partial charge in [0.25, 0.3) is 11.5 Å². The second-order valence-corrected chi connectivity index (χ2v) is 11.7. The van der Waals surface area contributed by atoms with Crippen LogP contribution in [-0.2, 0) is 16.6 Å². The van der Waals surface area contributed by atoms with E-state index in [-0.39, 0.29) is 23.5 Å². The number of carboxylic acid groups (broad SMARTS) is 1. The molecule has 0 aromatic carbocycles. The van der Waals surface area contributed by atoms with Gasteiger partial charge in [-0.3, -0.25) is 23.9 Å². The summed E-state index contributed by atoms with van der Waals surface area (Å²) < 4.78 is 2.09. The van der Waals surface area contributed by atoms with E-state index in [0.717, 1.165) is 95.1 Å². The Morgan fingerprint density at radius 3 is 2.26 bits per heavy atom. The van der Waals surface area contributed by atoms with Crippen molar-refractivity contribution < 1.29 is 14.7 Å². The van der Waals surface area contributed by atoms with E-state index in [1.165, 1.54) is 11.8 Å². The number of anilines is 1. The molecule has 2 aliphatic rings. The van der Waals surface area contributed by atoms with Crippen LogP contribution in [0.4, 0.5) is 5.82 Å². The Morgan fingerprint density at radius 2 is 1.66 bits per heavy atom. The van der Waals surface area contributed by atoms with Crippen molar-refractivity contribution in [2.45, 2.75) is 84.0 Å². The predicted octanol–water partition coefficient (Wildman–Crippen LogP) is 5.35. The number of unbranched alkanes of at least 4 members (excludes halogenated alkanes) is 7. The van der Waals surface area contributed by atoms with Gasteiger partial charge in [-0.1, -0.05) is 62.5 Å². The number of hydrogen-bond donors (Lipinski definition) is 1. The van der Waals surface area contributed by atoms with Gasteiger partial charge in [0.05, 0.1) is 4.91 Å². The Labute approximate surface area is 234 Å². The molecule has 0 radical (unpaired) electrons. The van der Waals surface area contributed by atoms with Gasteiger partial charge in [-0.15, -0.1) is 0 Å². The molecule has 8 nitrogen and oxygen atoms in total. The van der Waals surface area contributed by atoms with E-state index in [9.17, 15) is 19.6 Å². The minimum atomic E-state index is -0.727. The SMILES string of the molecule is Cc1c(/C=C2/SC(=S)N(CCCCCCCCCCC(=O)O)C2=O)c(N2CCCCC2)n(C)c(=O)c1C#N. The molecule has 2 aliphatic heterocycles. The first kappa shape index (κ1) is 29.9. The van der Waals surface area contributed by atoms with Crippen LogP contribution in [0.3, 0.4) is 0 Å². The Morgan fingerprint density at radius 1 is 1.05 bits per heavy atom. The number of carbonyl (C=O) groups is 2. The smallest absolute Gasteiger partial charge is 0.303 e. The van der Waals surface area contributed by atoms with Crippen molar-refractivity contribution in [2.75, 3.05) is 24.5 Å². The van der Waals surface area contributed by atoms with Crippen molar-refractivity contribution in [3.05, 3.63) is 31.9 Å². The highest BCUT2D eigenvalue weighted by molar-refractivity contribution is 8.26. The Balaban J connectivity index is 1.64. The molecule has 0 aliphatic carbocycles. The second kappa shape index (κ2) is 14.5. The molecule has 1 aromatic rings. The van der Waals surface area contributed by atoms with Gasteiger partial charge >= 0.3 is 5.97 Å². The lowest BCUT2D eigenvalue weighted by molar-refractivity contribution is -0.137. The molecule has 0 bridgehead atoms. The molecular weight excluding hydrogens is 520 g/mol. The highest BCUT2D eigenvalue weighted by Gasteiger charge is 2.33. The summed E-state index contributed by atoms with van der Waals surface area (Å²) in [5, 5.41) is 18.3. The summed E-state index contributed by atoms with van der Waals surface area (Å²) in [6.45, 7) is 4.03. The number of rotatable bonds is 13. The van der Waals surface area contributed by atoms with Gasteiger partial charge in [-0.25, -0.2) is 0 Å². The van der Waals surface area contributed by atoms with Crippen LogP contribution in [0.2, 0.25) is 0 Å². The summed E-state index contributed by atoms with van der Waals surface area (Å²) in [5.74, 6) is -0.0800. The van der Waals surface area contributed by atoms with Crippen LogP contribution in [0.25, 0.3) is 6.08 Å². The first-order chi connectivity index (χ1) is 18.3. The minimum Gasteiger partial charge on any atom is -0.481 e. The number of nitriles is 1. The monoisotopic (exact) mass is 558 g/mol. The van der Waals surface area contributed by atoms with E-state index >= 15 is 0 Å². The highest BCUT2D eigenvalue weighted by atomic mass is 32.2. The van der Waals surface area contributed by atoms with Gasteiger partial charge in [-0.2, -0.15) is 5.26 Å². The normalized spacial score (nSPS) is 16.9. The lowest BCUT2D eigenvalue weighted by atomic mass is 10.0. The molecule has 1 amide bonds. The molecule has 2 fully saturated rings. The lowest BCUT2D eigenvalue weighted by Gasteiger charge is -2.32. The zero-order valence-corrected chi connectivity index (χ0v) is 24.1. The Hall–Kier alpha value is -2.64. The number of aromatic nitrogens is 1. The molecule has 0 saturated carbocycles. The van der Waals surface area contributed by atoms with Gasteiger partial charge in [0.15, 0.2) is 0 Å². The van der Waals surface area contributed by atoms with E-state index < -0.39 is 5.97 Å². The maximum absolute atomic E-state index is 13.3. The summed E-state index contributed by atoms with van der Waals surface area (Å²) >= 11 is 6.83. The first-order valence-electron chi connectivity index (χ1n) is 13.6. The van der Waals surface area contributed by atoms with Crippen molar-refractivity contribution in [3.8, 4) is 6.07 Å². The summed E-state index contributed by atoms with van der Waals surface area (Å²) in [7, 11) is 1.70. The van der Waals surface area contributed by atoms with Gasteiger partial charge in [0, 0.05) is 38.7 Å². The van der Waals surface area contributed by atoms with Gasteiger partial charge in [0.1, 0.15) is 21.8 Å². The first-order valence-corrected chi connectivity index (χ1v) is 14.8. The topological polar surface area (TPSA) is 107 Å². The second-order valence-electron chi connectivity index (χ2n) is 10.1. The quantitative estimate of drug-likeness (QED) is 0.196. The maximum Gasteiger partial charge on any atom is 0.303 e. The molecule has 0 atom stereocenters. The molecule has 206 valence electrons. The number of thioether (sulfide) groups is 1. The van der Waals surface area contributed by atoms with Crippen molar-refractivity contribution in [1.82, 2.24) is 9.47 Å². The van der Waals surface area contributed by atoms with E-state index in [2.05, 4.69) is 11.0 Å². The van der Waals surface area contributed by atoms with Crippen LogP contribution < -0.4 is 10.5 Å². The van der Waals surface area contributed by atoms with Crippen LogP contribution in [0, 0.1) is 18.3 Å². The Kier molecular flexibility index (Phi) is 11.4. The third-order valence-electron chi connectivity index (χ3n) is 7.29. The van der Waals surface area contributed by atoms with E-state index in [1.807, 2.05) is 6.08 Å². The molecule has 38 heavy (non-hydrogen) atoms. The van der Waals surface area contributed by atoms with Crippen molar-refractivity contribution in [2.24, 2.45) is 7.05 Å². The molecule has 3 heterocycles. The molecule has 0 spiro atoms. The van der Waals surface area contributed by atoms with Crippen LogP contribution in [0.5, 0.6) is 0 Å². The van der Waals surface area contributed by atoms with Crippen LogP contribution in [-0.4, -0.2) is 50.4 Å². The fourth-order valence-corrected chi connectivity index (χ4v) is 6.42. The fraction of sp³-hybridized carbons (Fsp3) is 0.607. The standard InChI is InChI=1S/C28H38N4O4S2/c1-20-21(25(31-15-11-9-12-16-31)30(2)26(35)22(20)19-29)18-23-27(36)32(28(37)38-23)17-13-8-6-4-3-5-7-10-14-24(33)34/h18H,3-17H2,1-2H3,(H,33,34)/b23-18+. The average Bonchev–Trinajstić information content (AvgIpc) is 3.16. The Bertz CT molecular complexity index is 1180. The van der Waals surface area contributed by atoms with Crippen LogP contribution in [0.15, 0.2) is 9.70 Å². The van der Waals surface area contributed by atoms with Crippen molar-refractivity contribution >= 4 is 52.1 Å². The number of nitrogens with zero attached hydrogens (tertiary/aromatic N) is 4. The summed E-state index contributed by atoms with van der Waals surface area (Å²) in [4.78, 5) is 41.1. The summed E-state index contributed by atoms with van der Waals surface area (Å²) in [5.41, 5.74) is 1.14. The molecular formula is C28H38N4O4S2. The molecule has 3 rings (SSSR count). The van der Waals surface area contributed by atoms with Gasteiger partial charge in [0.2, 0.25) is 0 Å². The highest BCUT2D eigenvalue weighted by Crippen LogP contribution is 2.36. The fourth-order valence-electron chi connectivity index (χ4n) is 5.13. The van der Waals surface area contributed by atoms with E-state index in [4.69, 9.17) is 17.3 Å². The number of aliphatic carboxylic acids is 1. The number of piperidine rings is 1. The number of carboxylic acids is 1. The maximum atomic E-state index is 13.3. The van der Waals surface area contributed by atoms with Crippen LogP contribution >= 0.6 is 24.0 Å². The third-order valence-corrected chi connectivity index (χ3v) is 8.67. The van der Waals surface area contributed by atoms with E-state index in [0.29, 0.717) is 21.3 Å². The zero-order chi connectivity index (χ0) is 27.7. The molecule has 1 aromatic heterocycles. The third kappa shape index (κ3) is 7.48. The molecule has 2 saturated heterocycles. The van der Waals surface area contributed by atoms with Crippen molar-refractivity contribution in [1.29, 1.82) is 5.26 Å². The average molecular weight is 559 g/mol. The molecule has 1 N–H and O–H groups in total. The molecule has 10 heteroatoms.